The van der Waals surface area contributed by atoms with Gasteiger partial charge in [-0.2, -0.15) is 0 Å². The van der Waals surface area contributed by atoms with Crippen LogP contribution in [-0.2, 0) is 0 Å². The quantitative estimate of drug-likeness (QED) is 0.850. The van der Waals surface area contributed by atoms with Gasteiger partial charge in [-0.25, -0.2) is 9.97 Å². The zero-order chi connectivity index (χ0) is 12.5. The maximum absolute atomic E-state index is 12.4. The van der Waals surface area contributed by atoms with E-state index in [2.05, 4.69) is 9.97 Å². The Balaban J connectivity index is 1.70. The number of nitrogens with zero attached hydrogens (tertiary/aromatic N) is 3. The summed E-state index contributed by atoms with van der Waals surface area (Å²) in [5.41, 5.74) is 5.89. The largest absolute Gasteiger partial charge is 0.382 e. The first-order valence-corrected chi connectivity index (χ1v) is 6.59. The van der Waals surface area contributed by atoms with E-state index in [0.29, 0.717) is 23.3 Å². The minimum Gasteiger partial charge on any atom is -0.382 e. The van der Waals surface area contributed by atoms with Crippen LogP contribution < -0.4 is 5.73 Å². The van der Waals surface area contributed by atoms with Crippen molar-refractivity contribution in [1.29, 1.82) is 0 Å². The molecule has 0 saturated heterocycles. The Morgan fingerprint density at radius 1 is 1.17 bits per heavy atom. The van der Waals surface area contributed by atoms with Crippen LogP contribution >= 0.6 is 0 Å². The zero-order valence-electron chi connectivity index (χ0n) is 10.4. The summed E-state index contributed by atoms with van der Waals surface area (Å²) in [7, 11) is 0. The molecular formula is C13H18N4O. The van der Waals surface area contributed by atoms with Gasteiger partial charge in [0.15, 0.2) is 0 Å². The average Bonchev–Trinajstić information content (AvgIpc) is 3.23. The molecule has 0 aromatic carbocycles. The van der Waals surface area contributed by atoms with Gasteiger partial charge in [-0.15, -0.1) is 0 Å². The number of carbonyl (C=O) groups is 1. The minimum absolute atomic E-state index is 0.00120. The lowest BCUT2D eigenvalue weighted by atomic mass is 10.2. The monoisotopic (exact) mass is 246 g/mol. The number of anilines is 1. The Morgan fingerprint density at radius 2 is 1.78 bits per heavy atom. The third-order valence-corrected chi connectivity index (χ3v) is 3.53. The van der Waals surface area contributed by atoms with Crippen molar-refractivity contribution in [2.45, 2.75) is 25.7 Å². The van der Waals surface area contributed by atoms with Gasteiger partial charge >= 0.3 is 0 Å². The molecule has 0 unspecified atom stereocenters. The second-order valence-electron chi connectivity index (χ2n) is 5.42. The molecule has 0 spiro atoms. The van der Waals surface area contributed by atoms with E-state index in [4.69, 9.17) is 5.73 Å². The summed E-state index contributed by atoms with van der Waals surface area (Å²) in [4.78, 5) is 22.3. The highest BCUT2D eigenvalue weighted by atomic mass is 16.2. The molecule has 1 heterocycles. The number of nitrogens with two attached hydrogens (primary N) is 1. The number of hydrogen-bond acceptors (Lipinski definition) is 4. The molecule has 2 N–H and O–H groups in total. The molecule has 5 nitrogen and oxygen atoms in total. The summed E-state index contributed by atoms with van der Waals surface area (Å²) >= 11 is 0. The maximum atomic E-state index is 12.4. The van der Waals surface area contributed by atoms with Crippen LogP contribution in [0.1, 0.15) is 36.2 Å². The van der Waals surface area contributed by atoms with Gasteiger partial charge in [0.1, 0.15) is 11.5 Å². The normalized spacial score (nSPS) is 18.7. The number of hydrogen-bond donors (Lipinski definition) is 1. The average molecular weight is 246 g/mol. The van der Waals surface area contributed by atoms with Crippen molar-refractivity contribution in [3.63, 3.8) is 0 Å². The molecule has 0 bridgehead atoms. The summed E-state index contributed by atoms with van der Waals surface area (Å²) in [5.74, 6) is 1.76. The second kappa shape index (κ2) is 4.55. The first-order chi connectivity index (χ1) is 8.72. The van der Waals surface area contributed by atoms with E-state index in [1.807, 2.05) is 4.90 Å². The van der Waals surface area contributed by atoms with E-state index >= 15 is 0 Å². The minimum atomic E-state index is 0.00120. The summed E-state index contributed by atoms with van der Waals surface area (Å²) in [6, 6.07) is 0. The highest BCUT2D eigenvalue weighted by Gasteiger charge is 2.32. The standard InChI is InChI=1S/C13H18N4O/c14-12-6-15-11(5-16-12)13(18)17(7-9-1-2-9)8-10-3-4-10/h5-6,9-10H,1-4,7-8H2,(H2,14,16). The predicted octanol–water partition coefficient (Wildman–Crippen LogP) is 1.32. The third kappa shape index (κ3) is 2.78. The first kappa shape index (κ1) is 11.4. The van der Waals surface area contributed by atoms with Crippen LogP contribution in [0.25, 0.3) is 0 Å². The van der Waals surface area contributed by atoms with Gasteiger partial charge in [-0.3, -0.25) is 4.79 Å². The maximum Gasteiger partial charge on any atom is 0.274 e. The fourth-order valence-corrected chi connectivity index (χ4v) is 2.08. The summed E-state index contributed by atoms with van der Waals surface area (Å²) in [5, 5.41) is 0. The highest BCUT2D eigenvalue weighted by Crippen LogP contribution is 2.34. The summed E-state index contributed by atoms with van der Waals surface area (Å²) in [6.07, 6.45) is 7.93. The SMILES string of the molecule is Nc1cnc(C(=O)N(CC2CC2)CC2CC2)cn1. The van der Waals surface area contributed by atoms with E-state index in [1.165, 1.54) is 38.1 Å². The Kier molecular flexibility index (Phi) is 2.89. The number of amides is 1. The van der Waals surface area contributed by atoms with Crippen LogP contribution in [0.4, 0.5) is 5.82 Å². The van der Waals surface area contributed by atoms with Crippen LogP contribution in [0.5, 0.6) is 0 Å². The molecule has 2 saturated carbocycles. The lowest BCUT2D eigenvalue weighted by molar-refractivity contribution is 0.0733. The molecule has 18 heavy (non-hydrogen) atoms. The van der Waals surface area contributed by atoms with Crippen LogP contribution in [-0.4, -0.2) is 33.9 Å². The Morgan fingerprint density at radius 3 is 2.22 bits per heavy atom. The van der Waals surface area contributed by atoms with Crippen molar-refractivity contribution in [1.82, 2.24) is 14.9 Å². The number of carbonyl (C=O) groups excluding carboxylic acids is 1. The van der Waals surface area contributed by atoms with Gasteiger partial charge in [0.2, 0.25) is 0 Å². The molecule has 1 aromatic heterocycles. The van der Waals surface area contributed by atoms with Gasteiger partial charge < -0.3 is 10.6 Å². The fourth-order valence-electron chi connectivity index (χ4n) is 2.08. The summed E-state index contributed by atoms with van der Waals surface area (Å²) < 4.78 is 0. The number of aromatic nitrogens is 2. The molecule has 1 aromatic rings. The van der Waals surface area contributed by atoms with E-state index in [9.17, 15) is 4.79 Å². The molecule has 0 aliphatic heterocycles. The van der Waals surface area contributed by atoms with Gasteiger partial charge in [0.25, 0.3) is 5.91 Å². The molecule has 0 radical (unpaired) electrons. The van der Waals surface area contributed by atoms with Crippen LogP contribution in [0.2, 0.25) is 0 Å². The Hall–Kier alpha value is -1.65. The molecular weight excluding hydrogens is 228 g/mol. The highest BCUT2D eigenvalue weighted by molar-refractivity contribution is 5.92. The van der Waals surface area contributed by atoms with Crippen molar-refractivity contribution in [2.75, 3.05) is 18.8 Å². The van der Waals surface area contributed by atoms with Gasteiger partial charge in [-0.05, 0) is 37.5 Å². The number of rotatable bonds is 5. The van der Waals surface area contributed by atoms with Crippen LogP contribution in [0, 0.1) is 11.8 Å². The Labute approximate surface area is 106 Å². The molecule has 5 heteroatoms. The molecule has 0 atom stereocenters. The van der Waals surface area contributed by atoms with E-state index in [0.717, 1.165) is 13.1 Å². The van der Waals surface area contributed by atoms with Crippen molar-refractivity contribution < 1.29 is 4.79 Å². The van der Waals surface area contributed by atoms with E-state index in [-0.39, 0.29) is 5.91 Å². The van der Waals surface area contributed by atoms with E-state index < -0.39 is 0 Å². The van der Waals surface area contributed by atoms with Crippen molar-refractivity contribution in [2.24, 2.45) is 11.8 Å². The predicted molar refractivity (Wildman–Crippen MR) is 67.8 cm³/mol. The van der Waals surface area contributed by atoms with Crippen molar-refractivity contribution >= 4 is 11.7 Å². The van der Waals surface area contributed by atoms with Crippen molar-refractivity contribution in [3.8, 4) is 0 Å². The topological polar surface area (TPSA) is 72.1 Å². The smallest absolute Gasteiger partial charge is 0.274 e. The second-order valence-corrected chi connectivity index (χ2v) is 5.42. The lowest BCUT2D eigenvalue weighted by Crippen LogP contribution is -2.35. The lowest BCUT2D eigenvalue weighted by Gasteiger charge is -2.22. The molecule has 2 fully saturated rings. The van der Waals surface area contributed by atoms with Crippen molar-refractivity contribution in [3.05, 3.63) is 18.1 Å². The number of nitrogen functional groups attached to an aromatic ring is 1. The summed E-state index contributed by atoms with van der Waals surface area (Å²) in [6.45, 7) is 1.75. The molecule has 3 rings (SSSR count). The first-order valence-electron chi connectivity index (χ1n) is 6.59. The fraction of sp³-hybridized carbons (Fsp3) is 0.615. The van der Waals surface area contributed by atoms with Crippen LogP contribution in [0.3, 0.4) is 0 Å². The molecule has 96 valence electrons. The molecule has 1 amide bonds. The third-order valence-electron chi connectivity index (χ3n) is 3.53. The Bertz CT molecular complexity index is 423. The van der Waals surface area contributed by atoms with Gasteiger partial charge in [-0.1, -0.05) is 0 Å². The van der Waals surface area contributed by atoms with Crippen LogP contribution in [0.15, 0.2) is 12.4 Å². The van der Waals surface area contributed by atoms with Gasteiger partial charge in [0, 0.05) is 13.1 Å². The van der Waals surface area contributed by atoms with E-state index in [1.54, 1.807) is 0 Å². The molecule has 2 aliphatic rings. The van der Waals surface area contributed by atoms with Gasteiger partial charge in [0.05, 0.1) is 12.4 Å². The molecule has 2 aliphatic carbocycles. The zero-order valence-corrected chi connectivity index (χ0v) is 10.4.